The van der Waals surface area contributed by atoms with Crippen LogP contribution in [0.15, 0.2) is 231 Å². The molecule has 0 aromatic heterocycles. The smallest absolute Gasteiger partial charge is 0.179 e. The van der Waals surface area contributed by atoms with Crippen LogP contribution in [0.25, 0.3) is 22.3 Å². The molecule has 0 N–H and O–H groups in total. The van der Waals surface area contributed by atoms with Crippen molar-refractivity contribution in [2.45, 2.75) is 11.2 Å². The Bertz CT molecular complexity index is 2070. The van der Waals surface area contributed by atoms with Crippen LogP contribution < -0.4 is 0 Å². The van der Waals surface area contributed by atoms with Crippen LogP contribution in [-0.4, -0.2) is 0 Å². The minimum absolute atomic E-state index is 0.941. The molecule has 2 heteroatoms. The summed E-state index contributed by atoms with van der Waals surface area (Å²) in [5.41, 5.74) is 7.56. The van der Waals surface area contributed by atoms with Gasteiger partial charge in [-0.2, -0.15) is 0 Å². The molecule has 0 amide bonds. The Morgan fingerprint density at radius 1 is 0.231 bits per heavy atom. The minimum Gasteiger partial charge on any atom is -0.214 e. The van der Waals surface area contributed by atoms with E-state index in [-0.39, 0.29) is 0 Å². The van der Waals surface area contributed by atoms with Gasteiger partial charge in [0.15, 0.2) is 11.2 Å². The summed E-state index contributed by atoms with van der Waals surface area (Å²) < 4.78 is 0. The van der Waals surface area contributed by atoms with Crippen LogP contribution in [0.4, 0.5) is 0 Å². The van der Waals surface area contributed by atoms with Gasteiger partial charge in [-0.1, -0.05) is 231 Å². The standard InChI is InChI=1S/C50H38O2/c1-7-23-39(24-8-1)45-35-19-21-37-47(45)49(41-27-11-3-12-28-41,42-29-13-4-14-30-42)51-52-50(43-31-15-5-16-32-43,44-33-17-6-18-34-44)48-38-22-20-36-46(48)40-25-9-2-10-26-40/h1-38H. The fraction of sp³-hybridized carbons (Fsp3) is 0.0400. The van der Waals surface area contributed by atoms with Gasteiger partial charge >= 0.3 is 0 Å². The molecule has 0 radical (unpaired) electrons. The largest absolute Gasteiger partial charge is 0.214 e. The van der Waals surface area contributed by atoms with Gasteiger partial charge < -0.3 is 0 Å². The van der Waals surface area contributed by atoms with Gasteiger partial charge in [-0.3, -0.25) is 0 Å². The van der Waals surface area contributed by atoms with E-state index >= 15 is 0 Å². The van der Waals surface area contributed by atoms with E-state index in [0.29, 0.717) is 0 Å². The predicted octanol–water partition coefficient (Wildman–Crippen LogP) is 12.3. The maximum Gasteiger partial charge on any atom is 0.179 e. The molecule has 8 aromatic carbocycles. The van der Waals surface area contributed by atoms with E-state index in [1.54, 1.807) is 0 Å². The average Bonchev–Trinajstić information content (AvgIpc) is 3.25. The summed E-state index contributed by atoms with van der Waals surface area (Å²) in [4.78, 5) is 14.9. The molecule has 0 unspecified atom stereocenters. The van der Waals surface area contributed by atoms with Gasteiger partial charge in [-0.25, -0.2) is 9.78 Å². The normalized spacial score (nSPS) is 11.6. The second-order valence-corrected chi connectivity index (χ2v) is 12.8. The lowest BCUT2D eigenvalue weighted by Gasteiger charge is -2.41. The molecule has 8 rings (SSSR count). The zero-order valence-corrected chi connectivity index (χ0v) is 28.8. The van der Waals surface area contributed by atoms with Gasteiger partial charge in [0.2, 0.25) is 0 Å². The predicted molar refractivity (Wildman–Crippen MR) is 211 cm³/mol. The summed E-state index contributed by atoms with van der Waals surface area (Å²) in [5, 5.41) is 0. The van der Waals surface area contributed by atoms with Crippen LogP contribution in [0.5, 0.6) is 0 Å². The van der Waals surface area contributed by atoms with Gasteiger partial charge in [0.25, 0.3) is 0 Å². The molecule has 0 fully saturated rings. The minimum atomic E-state index is -1.20. The molecule has 0 aliphatic carbocycles. The Kier molecular flexibility index (Phi) is 9.41. The van der Waals surface area contributed by atoms with E-state index in [2.05, 4.69) is 194 Å². The highest BCUT2D eigenvalue weighted by atomic mass is 17.2. The van der Waals surface area contributed by atoms with Crippen molar-refractivity contribution >= 4 is 0 Å². The molecule has 0 aliphatic heterocycles. The first kappa shape index (κ1) is 32.9. The number of hydrogen-bond acceptors (Lipinski definition) is 2. The molecule has 2 nitrogen and oxygen atoms in total. The first-order valence-corrected chi connectivity index (χ1v) is 17.7. The molecular weight excluding hydrogens is 633 g/mol. The number of benzene rings is 8. The molecule has 0 saturated heterocycles. The van der Waals surface area contributed by atoms with Crippen LogP contribution in [0, 0.1) is 0 Å². The van der Waals surface area contributed by atoms with Crippen molar-refractivity contribution < 1.29 is 9.78 Å². The van der Waals surface area contributed by atoms with Crippen molar-refractivity contribution in [3.05, 3.63) is 264 Å². The van der Waals surface area contributed by atoms with Crippen molar-refractivity contribution in [1.29, 1.82) is 0 Å². The fourth-order valence-electron chi connectivity index (χ4n) is 7.37. The van der Waals surface area contributed by atoms with E-state index in [9.17, 15) is 0 Å². The first-order valence-electron chi connectivity index (χ1n) is 17.7. The van der Waals surface area contributed by atoms with Gasteiger partial charge in [-0.05, 0) is 44.5 Å². The molecule has 0 aliphatic rings. The Labute approximate surface area is 306 Å². The van der Waals surface area contributed by atoms with Crippen molar-refractivity contribution in [3.63, 3.8) is 0 Å². The molecule has 0 heterocycles. The van der Waals surface area contributed by atoms with Crippen molar-refractivity contribution in [1.82, 2.24) is 0 Å². The summed E-state index contributed by atoms with van der Waals surface area (Å²) in [6.07, 6.45) is 0. The Morgan fingerprint density at radius 3 is 0.750 bits per heavy atom. The summed E-state index contributed by atoms with van der Waals surface area (Å²) in [7, 11) is 0. The lowest BCUT2D eigenvalue weighted by molar-refractivity contribution is -0.387. The SMILES string of the molecule is c1ccc(-c2ccccc2C(OOC(c2ccccc2)(c2ccccc2)c2ccccc2-c2ccccc2)(c2ccccc2)c2ccccc2)cc1. The van der Waals surface area contributed by atoms with Gasteiger partial charge in [0.05, 0.1) is 0 Å². The molecule has 8 aromatic rings. The molecular formula is C50H38O2. The lowest BCUT2D eigenvalue weighted by atomic mass is 9.76. The summed E-state index contributed by atoms with van der Waals surface area (Å²) in [6.45, 7) is 0. The van der Waals surface area contributed by atoms with Crippen molar-refractivity contribution in [2.24, 2.45) is 0 Å². The zero-order chi connectivity index (χ0) is 35.1. The monoisotopic (exact) mass is 670 g/mol. The Morgan fingerprint density at radius 2 is 0.462 bits per heavy atom. The highest BCUT2D eigenvalue weighted by Gasteiger charge is 2.47. The highest BCUT2D eigenvalue weighted by molar-refractivity contribution is 5.73. The van der Waals surface area contributed by atoms with Crippen LogP contribution in [0.2, 0.25) is 0 Å². The van der Waals surface area contributed by atoms with Crippen LogP contribution in [0.1, 0.15) is 33.4 Å². The maximum absolute atomic E-state index is 7.47. The average molecular weight is 671 g/mol. The lowest BCUT2D eigenvalue weighted by Crippen LogP contribution is -2.40. The summed E-state index contributed by atoms with van der Waals surface area (Å²) in [5.74, 6) is 0. The third kappa shape index (κ3) is 6.05. The molecule has 0 atom stereocenters. The van der Waals surface area contributed by atoms with E-state index in [4.69, 9.17) is 9.78 Å². The summed E-state index contributed by atoms with van der Waals surface area (Å²) >= 11 is 0. The zero-order valence-electron chi connectivity index (χ0n) is 28.8. The summed E-state index contributed by atoms with van der Waals surface area (Å²) in [6, 6.07) is 79.7. The quantitative estimate of drug-likeness (QED) is 0.0775. The molecule has 250 valence electrons. The van der Waals surface area contributed by atoms with Gasteiger partial charge in [0.1, 0.15) is 0 Å². The second-order valence-electron chi connectivity index (χ2n) is 12.8. The van der Waals surface area contributed by atoms with Crippen molar-refractivity contribution in [3.8, 4) is 22.3 Å². The van der Waals surface area contributed by atoms with Crippen LogP contribution in [-0.2, 0) is 21.0 Å². The third-order valence-corrected chi connectivity index (χ3v) is 9.80. The van der Waals surface area contributed by atoms with E-state index < -0.39 is 11.2 Å². The second kappa shape index (κ2) is 14.9. The molecule has 0 spiro atoms. The van der Waals surface area contributed by atoms with E-state index in [0.717, 1.165) is 55.6 Å². The topological polar surface area (TPSA) is 18.5 Å². The molecule has 0 bridgehead atoms. The molecule has 52 heavy (non-hydrogen) atoms. The Hall–Kier alpha value is -6.32. The van der Waals surface area contributed by atoms with Crippen molar-refractivity contribution in [2.75, 3.05) is 0 Å². The van der Waals surface area contributed by atoms with E-state index in [1.165, 1.54) is 0 Å². The van der Waals surface area contributed by atoms with Crippen LogP contribution >= 0.6 is 0 Å². The third-order valence-electron chi connectivity index (χ3n) is 9.80. The highest BCUT2D eigenvalue weighted by Crippen LogP contribution is 2.50. The first-order chi connectivity index (χ1) is 25.8. The Balaban J connectivity index is 1.45. The fourth-order valence-corrected chi connectivity index (χ4v) is 7.37. The number of rotatable bonds is 11. The molecule has 0 saturated carbocycles. The van der Waals surface area contributed by atoms with Gasteiger partial charge in [0, 0.05) is 11.1 Å². The number of hydrogen-bond donors (Lipinski definition) is 0. The van der Waals surface area contributed by atoms with Gasteiger partial charge in [-0.15, -0.1) is 0 Å². The maximum atomic E-state index is 7.47. The van der Waals surface area contributed by atoms with E-state index in [1.807, 2.05) is 36.4 Å². The van der Waals surface area contributed by atoms with Crippen LogP contribution in [0.3, 0.4) is 0 Å².